The van der Waals surface area contributed by atoms with Crippen molar-refractivity contribution in [2.24, 2.45) is 0 Å². The minimum atomic E-state index is -1.01. The highest BCUT2D eigenvalue weighted by Gasteiger charge is 2.47. The Bertz CT molecular complexity index is 912. The molecule has 3 unspecified atom stereocenters. The van der Waals surface area contributed by atoms with Crippen LogP contribution < -0.4 is 14.8 Å². The molecule has 1 fully saturated rings. The number of methoxy groups -OCH3 is 2. The van der Waals surface area contributed by atoms with Gasteiger partial charge < -0.3 is 18.9 Å². The summed E-state index contributed by atoms with van der Waals surface area (Å²) < 4.78 is 22.2. The van der Waals surface area contributed by atoms with Gasteiger partial charge in [-0.1, -0.05) is 36.4 Å². The molecule has 7 heteroatoms. The van der Waals surface area contributed by atoms with E-state index < -0.39 is 23.9 Å². The van der Waals surface area contributed by atoms with E-state index in [-0.39, 0.29) is 0 Å². The first kappa shape index (κ1) is 21.6. The molecular formula is C23H26N2O5. The number of nitrogens with zero attached hydrogens (tertiary/aromatic N) is 1. The van der Waals surface area contributed by atoms with Gasteiger partial charge in [-0.3, -0.25) is 10.1 Å². The first-order valence-electron chi connectivity index (χ1n) is 9.76. The lowest BCUT2D eigenvalue weighted by Gasteiger charge is -2.42. The van der Waals surface area contributed by atoms with Gasteiger partial charge in [-0.2, -0.15) is 5.26 Å². The maximum atomic E-state index is 11.5. The first-order valence-corrected chi connectivity index (χ1v) is 9.76. The highest BCUT2D eigenvalue weighted by Crippen LogP contribution is 2.42. The second-order valence-corrected chi connectivity index (χ2v) is 7.13. The van der Waals surface area contributed by atoms with E-state index in [2.05, 4.69) is 11.4 Å². The molecule has 3 atom stereocenters. The Balaban J connectivity index is 1.94. The van der Waals surface area contributed by atoms with Crippen molar-refractivity contribution in [3.8, 4) is 17.6 Å². The Morgan fingerprint density at radius 2 is 1.93 bits per heavy atom. The van der Waals surface area contributed by atoms with E-state index in [1.165, 1.54) is 6.92 Å². The number of nitrogens with one attached hydrogen (secondary N) is 1. The number of ether oxygens (including phenoxy) is 4. The van der Waals surface area contributed by atoms with Crippen molar-refractivity contribution in [3.63, 3.8) is 0 Å². The molecule has 0 saturated carbocycles. The molecule has 2 aromatic rings. The van der Waals surface area contributed by atoms with Crippen LogP contribution in [0.3, 0.4) is 0 Å². The number of hydrogen-bond acceptors (Lipinski definition) is 7. The second-order valence-electron chi connectivity index (χ2n) is 7.13. The summed E-state index contributed by atoms with van der Waals surface area (Å²) in [5, 5.41) is 13.6. The molecule has 0 aromatic heterocycles. The van der Waals surface area contributed by atoms with Crippen molar-refractivity contribution in [1.29, 1.82) is 5.26 Å². The van der Waals surface area contributed by atoms with Gasteiger partial charge in [-0.25, -0.2) is 0 Å². The van der Waals surface area contributed by atoms with E-state index in [1.807, 2.05) is 36.4 Å². The van der Waals surface area contributed by atoms with Gasteiger partial charge in [0, 0.05) is 19.9 Å². The van der Waals surface area contributed by atoms with Crippen molar-refractivity contribution >= 4 is 5.97 Å². The topological polar surface area (TPSA) is 89.8 Å². The zero-order valence-electron chi connectivity index (χ0n) is 17.4. The molecule has 1 aliphatic heterocycles. The molecule has 1 saturated heterocycles. The first-order chi connectivity index (χ1) is 14.5. The van der Waals surface area contributed by atoms with Crippen LogP contribution in [0.2, 0.25) is 0 Å². The van der Waals surface area contributed by atoms with Crippen LogP contribution in [0.5, 0.6) is 11.5 Å². The molecule has 0 bridgehead atoms. The monoisotopic (exact) mass is 410 g/mol. The minimum Gasteiger partial charge on any atom is -0.493 e. The number of benzene rings is 2. The fraction of sp³-hybridized carbons (Fsp3) is 0.391. The molecule has 158 valence electrons. The van der Waals surface area contributed by atoms with Gasteiger partial charge in [0.05, 0.1) is 20.3 Å². The molecule has 0 radical (unpaired) electrons. The third kappa shape index (κ3) is 4.73. The van der Waals surface area contributed by atoms with Crippen LogP contribution in [0.15, 0.2) is 48.5 Å². The molecular weight excluding hydrogens is 384 g/mol. The lowest BCUT2D eigenvalue weighted by atomic mass is 9.82. The summed E-state index contributed by atoms with van der Waals surface area (Å²) in [5.74, 6) is 0.685. The summed E-state index contributed by atoms with van der Waals surface area (Å²) >= 11 is 0. The molecule has 1 heterocycles. The molecule has 1 aliphatic rings. The lowest BCUT2D eigenvalue weighted by Crippen LogP contribution is -2.54. The highest BCUT2D eigenvalue weighted by atomic mass is 16.7. The Morgan fingerprint density at radius 1 is 1.20 bits per heavy atom. The van der Waals surface area contributed by atoms with Gasteiger partial charge >= 0.3 is 5.97 Å². The van der Waals surface area contributed by atoms with E-state index in [9.17, 15) is 10.1 Å². The molecule has 1 N–H and O–H groups in total. The van der Waals surface area contributed by atoms with Crippen molar-refractivity contribution in [1.82, 2.24) is 5.32 Å². The van der Waals surface area contributed by atoms with Crippen molar-refractivity contribution in [2.45, 2.75) is 44.2 Å². The molecule has 3 rings (SSSR count). The van der Waals surface area contributed by atoms with Gasteiger partial charge in [0.2, 0.25) is 6.29 Å². The zero-order chi connectivity index (χ0) is 21.6. The molecule has 2 aromatic carbocycles. The van der Waals surface area contributed by atoms with Crippen LogP contribution in [0.25, 0.3) is 0 Å². The van der Waals surface area contributed by atoms with Gasteiger partial charge in [-0.05, 0) is 29.7 Å². The predicted octanol–water partition coefficient (Wildman–Crippen LogP) is 3.50. The van der Waals surface area contributed by atoms with Crippen LogP contribution in [-0.4, -0.2) is 32.0 Å². The van der Waals surface area contributed by atoms with E-state index in [1.54, 1.807) is 26.4 Å². The van der Waals surface area contributed by atoms with E-state index in [4.69, 9.17) is 18.9 Å². The van der Waals surface area contributed by atoms with Crippen LogP contribution in [0.1, 0.15) is 37.0 Å². The maximum Gasteiger partial charge on any atom is 0.304 e. The van der Waals surface area contributed by atoms with Crippen LogP contribution >= 0.6 is 0 Å². The number of carbonyl (C=O) groups excluding carboxylic acids is 1. The maximum absolute atomic E-state index is 11.5. The van der Waals surface area contributed by atoms with Gasteiger partial charge in [0.15, 0.2) is 11.5 Å². The summed E-state index contributed by atoms with van der Waals surface area (Å²) in [6, 6.07) is 17.7. The molecule has 7 nitrogen and oxygen atoms in total. The molecule has 0 amide bonds. The van der Waals surface area contributed by atoms with Gasteiger partial charge in [0.1, 0.15) is 11.6 Å². The lowest BCUT2D eigenvalue weighted by molar-refractivity contribution is -0.214. The summed E-state index contributed by atoms with van der Waals surface area (Å²) in [4.78, 5) is 11.5. The number of carbonyl (C=O) groups is 1. The minimum absolute atomic E-state index is 0.415. The fourth-order valence-electron chi connectivity index (χ4n) is 3.65. The van der Waals surface area contributed by atoms with Gasteiger partial charge in [-0.15, -0.1) is 0 Å². The Labute approximate surface area is 176 Å². The Hall–Kier alpha value is -3.08. The quantitative estimate of drug-likeness (QED) is 0.699. The van der Waals surface area contributed by atoms with Crippen molar-refractivity contribution in [3.05, 3.63) is 59.7 Å². The highest BCUT2D eigenvalue weighted by molar-refractivity contribution is 5.66. The van der Waals surface area contributed by atoms with Crippen LogP contribution in [-0.2, 0) is 20.8 Å². The zero-order valence-corrected chi connectivity index (χ0v) is 17.4. The number of nitriles is 1. The Kier molecular flexibility index (Phi) is 6.93. The number of rotatable bonds is 7. The molecule has 0 spiro atoms. The number of esters is 1. The van der Waals surface area contributed by atoms with Crippen LogP contribution in [0, 0.1) is 11.3 Å². The smallest absolute Gasteiger partial charge is 0.304 e. The summed E-state index contributed by atoms with van der Waals surface area (Å²) in [6.45, 7) is 1.84. The Morgan fingerprint density at radius 3 is 2.57 bits per heavy atom. The summed E-state index contributed by atoms with van der Waals surface area (Å²) in [7, 11) is 3.11. The SMILES string of the molecule is COc1ccc(C2OC(OC(C)=O)CCC2(C#N)NCc2ccccc2)cc1OC. The average Bonchev–Trinajstić information content (AvgIpc) is 2.78. The standard InChI is InChI=1S/C23H26N2O5/c1-16(26)29-21-11-12-23(15-24,25-14-17-7-5-4-6-8-17)22(30-21)18-9-10-19(27-2)20(13-18)28-3/h4-10,13,21-22,25H,11-12,14H2,1-3H3. The third-order valence-electron chi connectivity index (χ3n) is 5.17. The van der Waals surface area contributed by atoms with E-state index >= 15 is 0 Å². The van der Waals surface area contributed by atoms with E-state index in [0.29, 0.717) is 30.9 Å². The second kappa shape index (κ2) is 9.61. The summed E-state index contributed by atoms with van der Waals surface area (Å²) in [5.41, 5.74) is 0.776. The number of hydrogen-bond donors (Lipinski definition) is 1. The average molecular weight is 410 g/mol. The third-order valence-corrected chi connectivity index (χ3v) is 5.17. The van der Waals surface area contributed by atoms with Gasteiger partial charge in [0.25, 0.3) is 0 Å². The normalized spacial score (nSPS) is 23.3. The predicted molar refractivity (Wildman–Crippen MR) is 110 cm³/mol. The largest absolute Gasteiger partial charge is 0.493 e. The molecule has 30 heavy (non-hydrogen) atoms. The summed E-state index contributed by atoms with van der Waals surface area (Å²) in [6.07, 6.45) is -0.531. The van der Waals surface area contributed by atoms with Crippen LogP contribution in [0.4, 0.5) is 0 Å². The van der Waals surface area contributed by atoms with Crippen molar-refractivity contribution in [2.75, 3.05) is 14.2 Å². The fourth-order valence-corrected chi connectivity index (χ4v) is 3.65. The van der Waals surface area contributed by atoms with Crippen molar-refractivity contribution < 1.29 is 23.7 Å². The molecule has 0 aliphatic carbocycles. The van der Waals surface area contributed by atoms with E-state index in [0.717, 1.165) is 11.1 Å².